The highest BCUT2D eigenvalue weighted by Crippen LogP contribution is 2.06. The highest BCUT2D eigenvalue weighted by molar-refractivity contribution is 7.98. The van der Waals surface area contributed by atoms with E-state index < -0.39 is 66.4 Å². The van der Waals surface area contributed by atoms with Crippen LogP contribution in [0.3, 0.4) is 0 Å². The molecule has 0 spiro atoms. The molecule has 0 aliphatic heterocycles. The molecule has 13 heteroatoms. The van der Waals surface area contributed by atoms with Gasteiger partial charge < -0.3 is 37.0 Å². The molecule has 0 bridgehead atoms. The van der Waals surface area contributed by atoms with Crippen LogP contribution in [0, 0.1) is 5.92 Å². The lowest BCUT2D eigenvalue weighted by atomic mass is 10.0. The molecular weight excluding hydrogens is 444 g/mol. The van der Waals surface area contributed by atoms with Gasteiger partial charge in [0, 0.05) is 6.42 Å². The van der Waals surface area contributed by atoms with Crippen molar-refractivity contribution in [2.24, 2.45) is 11.7 Å². The van der Waals surface area contributed by atoms with Gasteiger partial charge in [-0.25, -0.2) is 4.79 Å². The van der Waals surface area contributed by atoms with Gasteiger partial charge in [-0.3, -0.25) is 19.2 Å². The summed E-state index contributed by atoms with van der Waals surface area (Å²) in [6, 6.07) is -5.02. The summed E-state index contributed by atoms with van der Waals surface area (Å²) in [6.45, 7) is 4.65. The number of rotatable bonds is 15. The Bertz CT molecular complexity index is 674. The third-order valence-corrected chi connectivity index (χ3v) is 5.23. The summed E-state index contributed by atoms with van der Waals surface area (Å²) in [7, 11) is 0. The molecule has 0 aliphatic rings. The van der Waals surface area contributed by atoms with E-state index in [2.05, 4.69) is 16.0 Å². The summed E-state index contributed by atoms with van der Waals surface area (Å²) in [6.07, 6.45) is -0.263. The van der Waals surface area contributed by atoms with Crippen LogP contribution in [0.15, 0.2) is 0 Å². The maximum atomic E-state index is 12.7. The van der Waals surface area contributed by atoms with E-state index in [1.807, 2.05) is 0 Å². The van der Waals surface area contributed by atoms with Crippen LogP contribution in [0.5, 0.6) is 0 Å². The molecule has 0 aliphatic carbocycles. The number of nitrogens with one attached hydrogen (secondary N) is 3. The van der Waals surface area contributed by atoms with E-state index in [4.69, 9.17) is 10.8 Å². The van der Waals surface area contributed by atoms with Crippen LogP contribution in [0.25, 0.3) is 0 Å². The standard InChI is InChI=1S/C19H34N4O8S/c1-9(2)14(20)17(28)23-15(10(3)24)18(29)21-11(5-6-13(25)26)16(27)22-12(19(30)31)7-8-32-4/h9-12,14-15,24H,5-8,20H2,1-4H3,(H,21,29)(H,22,27)(H,23,28)(H,25,26)(H,30,31). The first-order chi connectivity index (χ1) is 14.8. The van der Waals surface area contributed by atoms with Gasteiger partial charge in [0.15, 0.2) is 0 Å². The molecule has 5 unspecified atom stereocenters. The van der Waals surface area contributed by atoms with Crippen molar-refractivity contribution in [3.8, 4) is 0 Å². The molecule has 0 aromatic heterocycles. The van der Waals surface area contributed by atoms with E-state index in [9.17, 15) is 34.2 Å². The van der Waals surface area contributed by atoms with Crippen LogP contribution in [0.4, 0.5) is 0 Å². The molecule has 0 aromatic carbocycles. The van der Waals surface area contributed by atoms with E-state index in [1.54, 1.807) is 20.1 Å². The van der Waals surface area contributed by atoms with Crippen molar-refractivity contribution in [3.63, 3.8) is 0 Å². The summed E-state index contributed by atoms with van der Waals surface area (Å²) in [5, 5.41) is 35.1. The van der Waals surface area contributed by atoms with Gasteiger partial charge in [0.1, 0.15) is 18.1 Å². The third kappa shape index (κ3) is 10.8. The number of aliphatic hydroxyl groups is 1. The Labute approximate surface area is 191 Å². The second-order valence-electron chi connectivity index (χ2n) is 7.67. The first-order valence-electron chi connectivity index (χ1n) is 10.1. The number of amides is 3. The Balaban J connectivity index is 5.47. The second kappa shape index (κ2) is 14.6. The summed E-state index contributed by atoms with van der Waals surface area (Å²) < 4.78 is 0. The Morgan fingerprint density at radius 2 is 1.44 bits per heavy atom. The smallest absolute Gasteiger partial charge is 0.326 e. The number of carbonyl (C=O) groups excluding carboxylic acids is 3. The first kappa shape index (κ1) is 29.6. The van der Waals surface area contributed by atoms with Crippen molar-refractivity contribution < 1.29 is 39.3 Å². The predicted molar refractivity (Wildman–Crippen MR) is 118 cm³/mol. The number of aliphatic carboxylic acids is 2. The highest BCUT2D eigenvalue weighted by Gasteiger charge is 2.33. The maximum absolute atomic E-state index is 12.7. The maximum Gasteiger partial charge on any atom is 0.326 e. The molecule has 0 fully saturated rings. The zero-order valence-electron chi connectivity index (χ0n) is 18.7. The van der Waals surface area contributed by atoms with E-state index >= 15 is 0 Å². The first-order valence-corrected chi connectivity index (χ1v) is 11.5. The number of hydrogen-bond acceptors (Lipinski definition) is 8. The fourth-order valence-corrected chi connectivity index (χ4v) is 2.99. The molecule has 0 saturated heterocycles. The average molecular weight is 479 g/mol. The quantitative estimate of drug-likeness (QED) is 0.145. The molecule has 0 saturated carbocycles. The number of aliphatic hydroxyl groups excluding tert-OH is 1. The van der Waals surface area contributed by atoms with Gasteiger partial charge >= 0.3 is 11.9 Å². The van der Waals surface area contributed by atoms with Crippen molar-refractivity contribution in [2.45, 2.75) is 70.3 Å². The topological polar surface area (TPSA) is 208 Å². The highest BCUT2D eigenvalue weighted by atomic mass is 32.2. The lowest BCUT2D eigenvalue weighted by molar-refractivity contribution is -0.143. The van der Waals surface area contributed by atoms with Gasteiger partial charge in [-0.15, -0.1) is 0 Å². The summed E-state index contributed by atoms with van der Waals surface area (Å²) in [4.78, 5) is 59.9. The molecule has 12 nitrogen and oxygen atoms in total. The molecular formula is C19H34N4O8S. The van der Waals surface area contributed by atoms with Crippen LogP contribution in [0.1, 0.15) is 40.0 Å². The molecule has 5 atom stereocenters. The minimum atomic E-state index is -1.46. The second-order valence-corrected chi connectivity index (χ2v) is 8.66. The van der Waals surface area contributed by atoms with E-state index in [0.717, 1.165) is 0 Å². The number of nitrogens with two attached hydrogens (primary N) is 1. The molecule has 3 amide bonds. The fourth-order valence-electron chi connectivity index (χ4n) is 2.52. The number of carbonyl (C=O) groups is 5. The van der Waals surface area contributed by atoms with Gasteiger partial charge in [-0.05, 0) is 37.7 Å². The molecule has 8 N–H and O–H groups in total. The van der Waals surface area contributed by atoms with Gasteiger partial charge in [0.05, 0.1) is 12.1 Å². The van der Waals surface area contributed by atoms with Gasteiger partial charge in [-0.1, -0.05) is 13.8 Å². The third-order valence-electron chi connectivity index (χ3n) is 4.59. The zero-order chi connectivity index (χ0) is 25.0. The number of carboxylic acids is 2. The van der Waals surface area contributed by atoms with Gasteiger partial charge in [0.2, 0.25) is 17.7 Å². The number of hydrogen-bond donors (Lipinski definition) is 7. The summed E-state index contributed by atoms with van der Waals surface area (Å²) >= 11 is 1.38. The number of thioether (sulfide) groups is 1. The van der Waals surface area contributed by atoms with Crippen molar-refractivity contribution in [3.05, 3.63) is 0 Å². The molecule has 0 radical (unpaired) electrons. The van der Waals surface area contributed by atoms with Crippen LogP contribution in [-0.2, 0) is 24.0 Å². The summed E-state index contributed by atoms with van der Waals surface area (Å²) in [5.41, 5.74) is 5.75. The minimum absolute atomic E-state index is 0.126. The molecule has 0 heterocycles. The van der Waals surface area contributed by atoms with Crippen LogP contribution in [0.2, 0.25) is 0 Å². The Morgan fingerprint density at radius 1 is 0.875 bits per heavy atom. The van der Waals surface area contributed by atoms with Crippen molar-refractivity contribution in [1.29, 1.82) is 0 Å². The SMILES string of the molecule is CSCCC(NC(=O)C(CCC(=O)O)NC(=O)C(NC(=O)C(N)C(C)C)C(C)O)C(=O)O. The van der Waals surface area contributed by atoms with Crippen LogP contribution in [-0.4, -0.2) is 87.3 Å². The Hall–Kier alpha value is -2.38. The van der Waals surface area contributed by atoms with E-state index in [-0.39, 0.29) is 18.8 Å². The lowest BCUT2D eigenvalue weighted by Gasteiger charge is -2.26. The molecule has 184 valence electrons. The average Bonchev–Trinajstić information content (AvgIpc) is 2.70. The fraction of sp³-hybridized carbons (Fsp3) is 0.737. The zero-order valence-corrected chi connectivity index (χ0v) is 19.5. The van der Waals surface area contributed by atoms with E-state index in [1.165, 1.54) is 18.7 Å². The van der Waals surface area contributed by atoms with Crippen molar-refractivity contribution in [1.82, 2.24) is 16.0 Å². The molecule has 0 rings (SSSR count). The normalized spacial score (nSPS) is 15.7. The molecule has 0 aromatic rings. The van der Waals surface area contributed by atoms with Crippen LogP contribution < -0.4 is 21.7 Å². The Morgan fingerprint density at radius 3 is 1.88 bits per heavy atom. The van der Waals surface area contributed by atoms with Crippen molar-refractivity contribution in [2.75, 3.05) is 12.0 Å². The number of carboxylic acid groups (broad SMARTS) is 2. The Kier molecular flexibility index (Phi) is 13.5. The van der Waals surface area contributed by atoms with E-state index in [0.29, 0.717) is 5.75 Å². The monoisotopic (exact) mass is 478 g/mol. The largest absolute Gasteiger partial charge is 0.481 e. The predicted octanol–water partition coefficient (Wildman–Crippen LogP) is -1.49. The minimum Gasteiger partial charge on any atom is -0.481 e. The summed E-state index contributed by atoms with van der Waals surface area (Å²) in [5.74, 6) is -4.79. The van der Waals surface area contributed by atoms with Gasteiger partial charge in [-0.2, -0.15) is 11.8 Å². The molecule has 32 heavy (non-hydrogen) atoms. The van der Waals surface area contributed by atoms with Crippen molar-refractivity contribution >= 4 is 41.4 Å². The lowest BCUT2D eigenvalue weighted by Crippen LogP contribution is -2.60. The van der Waals surface area contributed by atoms with Crippen LogP contribution >= 0.6 is 11.8 Å². The van der Waals surface area contributed by atoms with Gasteiger partial charge in [0.25, 0.3) is 0 Å².